The van der Waals surface area contributed by atoms with Crippen molar-refractivity contribution in [2.45, 2.75) is 34.1 Å². The van der Waals surface area contributed by atoms with Crippen molar-refractivity contribution >= 4 is 17.5 Å². The van der Waals surface area contributed by atoms with Crippen LogP contribution in [0, 0.1) is 0 Å². The zero-order valence-electron chi connectivity index (χ0n) is 14.9. The second kappa shape index (κ2) is 10.4. The first-order valence-corrected chi connectivity index (χ1v) is 8.48. The van der Waals surface area contributed by atoms with Gasteiger partial charge in [0.25, 0.3) is 0 Å². The first-order chi connectivity index (χ1) is 11.3. The Bertz CT molecular complexity index is 611. The predicted octanol–water partition coefficient (Wildman–Crippen LogP) is 6.85. The number of benzene rings is 2. The summed E-state index contributed by atoms with van der Waals surface area (Å²) in [6.07, 6.45) is 5.19. The Hall–Kier alpha value is -2.28. The third-order valence-electron chi connectivity index (χ3n) is 3.47. The summed E-state index contributed by atoms with van der Waals surface area (Å²) in [5.41, 5.74) is 5.38. The van der Waals surface area contributed by atoms with Crippen LogP contribution in [0.5, 0.6) is 0 Å². The van der Waals surface area contributed by atoms with Crippen LogP contribution in [0.2, 0.25) is 0 Å². The molecule has 0 saturated heterocycles. The second-order valence-corrected chi connectivity index (χ2v) is 5.04. The maximum absolute atomic E-state index is 3.36. The van der Waals surface area contributed by atoms with E-state index < -0.39 is 0 Å². The Balaban J connectivity index is 0.000000477. The number of hydrogen-bond donors (Lipinski definition) is 0. The van der Waals surface area contributed by atoms with Gasteiger partial charge in [-0.1, -0.05) is 74.9 Å². The summed E-state index contributed by atoms with van der Waals surface area (Å²) in [4.78, 5) is 2.40. The molecule has 1 aliphatic heterocycles. The third kappa shape index (κ3) is 5.14. The molecule has 0 atom stereocenters. The Morgan fingerprint density at radius 2 is 1.57 bits per heavy atom. The molecule has 0 unspecified atom stereocenters. The van der Waals surface area contributed by atoms with Gasteiger partial charge < -0.3 is 4.90 Å². The quantitative estimate of drug-likeness (QED) is 0.548. The van der Waals surface area contributed by atoms with Crippen LogP contribution < -0.4 is 4.90 Å². The SMILES string of the molecule is C=CC.CC.CCC1=Cc2ccccc2N(c2ccccc2)C1. The lowest BCUT2D eigenvalue weighted by molar-refractivity contribution is 0.956. The molecule has 0 spiro atoms. The van der Waals surface area contributed by atoms with Crippen LogP contribution in [0.4, 0.5) is 11.4 Å². The van der Waals surface area contributed by atoms with Crippen LogP contribution in [0.25, 0.3) is 6.08 Å². The summed E-state index contributed by atoms with van der Waals surface area (Å²) in [5.74, 6) is 0. The molecule has 0 amide bonds. The number of nitrogens with zero attached hydrogens (tertiary/aromatic N) is 1. The molecule has 0 aromatic heterocycles. The molecule has 0 radical (unpaired) electrons. The summed E-state index contributed by atoms with van der Waals surface area (Å²) in [5, 5.41) is 0. The van der Waals surface area contributed by atoms with Gasteiger partial charge in [0.2, 0.25) is 0 Å². The van der Waals surface area contributed by atoms with Gasteiger partial charge in [-0.25, -0.2) is 0 Å². The van der Waals surface area contributed by atoms with Crippen molar-refractivity contribution in [1.82, 2.24) is 0 Å². The highest BCUT2D eigenvalue weighted by molar-refractivity contribution is 5.79. The van der Waals surface area contributed by atoms with E-state index in [-0.39, 0.29) is 0 Å². The lowest BCUT2D eigenvalue weighted by atomic mass is 10.0. The Morgan fingerprint density at radius 3 is 2.17 bits per heavy atom. The molecular weight excluding hydrogens is 278 g/mol. The van der Waals surface area contributed by atoms with Crippen LogP contribution in [0.3, 0.4) is 0 Å². The minimum Gasteiger partial charge on any atom is -0.337 e. The van der Waals surface area contributed by atoms with Crippen molar-refractivity contribution in [2.75, 3.05) is 11.4 Å². The number of para-hydroxylation sites is 2. The van der Waals surface area contributed by atoms with Crippen molar-refractivity contribution in [3.05, 3.63) is 78.4 Å². The van der Waals surface area contributed by atoms with E-state index in [0.29, 0.717) is 0 Å². The van der Waals surface area contributed by atoms with E-state index in [1.807, 2.05) is 20.8 Å². The molecule has 1 nitrogen and oxygen atoms in total. The summed E-state index contributed by atoms with van der Waals surface area (Å²) < 4.78 is 0. The van der Waals surface area contributed by atoms with Crippen LogP contribution in [0.1, 0.15) is 39.7 Å². The van der Waals surface area contributed by atoms with Gasteiger partial charge in [-0.2, -0.15) is 0 Å². The average Bonchev–Trinajstić information content (AvgIpc) is 2.64. The number of anilines is 2. The molecule has 122 valence electrons. The number of rotatable bonds is 2. The predicted molar refractivity (Wildman–Crippen MR) is 105 cm³/mol. The normalized spacial score (nSPS) is 11.8. The molecule has 0 aliphatic carbocycles. The van der Waals surface area contributed by atoms with Crippen LogP contribution in [-0.4, -0.2) is 6.54 Å². The van der Waals surface area contributed by atoms with Crippen molar-refractivity contribution in [3.63, 3.8) is 0 Å². The molecule has 0 saturated carbocycles. The van der Waals surface area contributed by atoms with Gasteiger partial charge in [0, 0.05) is 17.9 Å². The molecule has 23 heavy (non-hydrogen) atoms. The van der Waals surface area contributed by atoms with Gasteiger partial charge >= 0.3 is 0 Å². The fraction of sp³-hybridized carbons (Fsp3) is 0.273. The van der Waals surface area contributed by atoms with Crippen molar-refractivity contribution in [2.24, 2.45) is 0 Å². The van der Waals surface area contributed by atoms with E-state index in [2.05, 4.69) is 79.1 Å². The van der Waals surface area contributed by atoms with Gasteiger partial charge in [-0.3, -0.25) is 0 Å². The fourth-order valence-corrected chi connectivity index (χ4v) is 2.46. The van der Waals surface area contributed by atoms with Crippen molar-refractivity contribution < 1.29 is 0 Å². The molecule has 1 heterocycles. The number of fused-ring (bicyclic) bond motifs is 1. The Morgan fingerprint density at radius 1 is 1.00 bits per heavy atom. The minimum absolute atomic E-state index is 0.998. The maximum atomic E-state index is 3.36. The summed E-state index contributed by atoms with van der Waals surface area (Å²) in [7, 11) is 0. The maximum Gasteiger partial charge on any atom is 0.0487 e. The van der Waals surface area contributed by atoms with Gasteiger partial charge in [0.15, 0.2) is 0 Å². The number of hydrogen-bond acceptors (Lipinski definition) is 1. The zero-order valence-corrected chi connectivity index (χ0v) is 14.9. The Kier molecular flexibility index (Phi) is 8.52. The lowest BCUT2D eigenvalue weighted by Crippen LogP contribution is -2.23. The van der Waals surface area contributed by atoms with E-state index >= 15 is 0 Å². The monoisotopic (exact) mass is 307 g/mol. The minimum atomic E-state index is 0.998. The van der Waals surface area contributed by atoms with E-state index in [9.17, 15) is 0 Å². The number of allylic oxidation sites excluding steroid dienone is 1. The van der Waals surface area contributed by atoms with Crippen LogP contribution in [-0.2, 0) is 0 Å². The van der Waals surface area contributed by atoms with E-state index in [0.717, 1.165) is 13.0 Å². The highest BCUT2D eigenvalue weighted by atomic mass is 15.1. The van der Waals surface area contributed by atoms with Gasteiger partial charge in [0.05, 0.1) is 0 Å². The largest absolute Gasteiger partial charge is 0.337 e. The summed E-state index contributed by atoms with van der Waals surface area (Å²) >= 11 is 0. The second-order valence-electron chi connectivity index (χ2n) is 5.04. The topological polar surface area (TPSA) is 3.24 Å². The molecule has 0 bridgehead atoms. The molecular formula is C22H29N. The molecule has 0 fully saturated rings. The smallest absolute Gasteiger partial charge is 0.0487 e. The van der Waals surface area contributed by atoms with Gasteiger partial charge in [0.1, 0.15) is 0 Å². The molecule has 1 aliphatic rings. The lowest BCUT2D eigenvalue weighted by Gasteiger charge is -2.31. The third-order valence-corrected chi connectivity index (χ3v) is 3.47. The van der Waals surface area contributed by atoms with Crippen LogP contribution >= 0.6 is 0 Å². The van der Waals surface area contributed by atoms with Gasteiger partial charge in [-0.05, 0) is 37.1 Å². The van der Waals surface area contributed by atoms with E-state index in [4.69, 9.17) is 0 Å². The van der Waals surface area contributed by atoms with Crippen molar-refractivity contribution in [3.8, 4) is 0 Å². The average molecular weight is 307 g/mol. The highest BCUT2D eigenvalue weighted by Crippen LogP contribution is 2.34. The van der Waals surface area contributed by atoms with Gasteiger partial charge in [-0.15, -0.1) is 6.58 Å². The summed E-state index contributed by atoms with van der Waals surface area (Å²) in [6, 6.07) is 19.2. The molecule has 1 heteroatoms. The standard InChI is InChI=1S/C17H17N.C3H6.C2H6/c1-2-14-12-15-8-6-7-11-17(15)18(13-14)16-9-4-3-5-10-16;1-3-2;1-2/h3-12H,2,13H2,1H3;3H,1H2,2H3;1-2H3. The summed E-state index contributed by atoms with van der Waals surface area (Å²) in [6.45, 7) is 12.5. The first kappa shape index (κ1) is 18.8. The van der Waals surface area contributed by atoms with Crippen LogP contribution in [0.15, 0.2) is 72.8 Å². The molecule has 2 aromatic rings. The first-order valence-electron chi connectivity index (χ1n) is 8.48. The fourth-order valence-electron chi connectivity index (χ4n) is 2.46. The zero-order chi connectivity index (χ0) is 17.1. The van der Waals surface area contributed by atoms with Crippen molar-refractivity contribution in [1.29, 1.82) is 0 Å². The molecule has 3 rings (SSSR count). The van der Waals surface area contributed by atoms with E-state index in [1.54, 1.807) is 6.08 Å². The molecule has 2 aromatic carbocycles. The van der Waals surface area contributed by atoms with E-state index in [1.165, 1.54) is 22.5 Å². The Labute approximate surface area is 142 Å². The highest BCUT2D eigenvalue weighted by Gasteiger charge is 2.17. The molecule has 0 N–H and O–H groups in total.